The second-order valence-electron chi connectivity index (χ2n) is 4.89. The van der Waals surface area contributed by atoms with Gasteiger partial charge in [-0.1, -0.05) is 11.6 Å². The van der Waals surface area contributed by atoms with Crippen LogP contribution in [-0.2, 0) is 10.0 Å². The lowest BCUT2D eigenvalue weighted by Crippen LogP contribution is -2.36. The van der Waals surface area contributed by atoms with Gasteiger partial charge >= 0.3 is 0 Å². The fourth-order valence-corrected chi connectivity index (χ4v) is 5.02. The fraction of sp³-hybridized carbons (Fsp3) is 0.385. The van der Waals surface area contributed by atoms with Crippen molar-refractivity contribution in [3.8, 4) is 0 Å². The Kier molecular flexibility index (Phi) is 5.51. The number of hydrogen-bond donors (Lipinski definition) is 2. The van der Waals surface area contributed by atoms with Gasteiger partial charge in [0.05, 0.1) is 0 Å². The van der Waals surface area contributed by atoms with Crippen molar-refractivity contribution in [2.24, 2.45) is 0 Å². The molecule has 0 amide bonds. The summed E-state index contributed by atoms with van der Waals surface area (Å²) in [5, 5.41) is 4.75. The van der Waals surface area contributed by atoms with E-state index < -0.39 is 10.0 Å². The van der Waals surface area contributed by atoms with Gasteiger partial charge in [0.2, 0.25) is 10.0 Å². The Morgan fingerprint density at radius 1 is 1.38 bits per heavy atom. The summed E-state index contributed by atoms with van der Waals surface area (Å²) in [5.41, 5.74) is 0. The molecule has 0 saturated carbocycles. The summed E-state index contributed by atoms with van der Waals surface area (Å²) in [6.07, 6.45) is 2.12. The number of nitrogens with one attached hydrogen (secondary N) is 2. The van der Waals surface area contributed by atoms with Gasteiger partial charge in [0, 0.05) is 22.3 Å². The average Bonchev–Trinajstić information content (AvgIpc) is 3.05. The Balaban J connectivity index is 0.00000161. The molecule has 1 unspecified atom stereocenters. The second-order valence-corrected chi connectivity index (χ2v) is 8.41. The van der Waals surface area contributed by atoms with E-state index in [-0.39, 0.29) is 18.4 Å². The molecule has 0 spiro atoms. The molecule has 8 heteroatoms. The molecule has 0 aliphatic carbocycles. The number of fused-ring (bicyclic) bond motifs is 1. The molecule has 1 aromatic carbocycles. The lowest BCUT2D eigenvalue weighted by atomic mass is 10.2. The third kappa shape index (κ3) is 3.88. The van der Waals surface area contributed by atoms with Crippen LogP contribution in [0.15, 0.2) is 28.5 Å². The van der Waals surface area contributed by atoms with Crippen molar-refractivity contribution >= 4 is 55.5 Å². The van der Waals surface area contributed by atoms with E-state index in [2.05, 4.69) is 10.0 Å². The standard InChI is InChI=1S/C13H15ClN2O2S2.ClH/c14-10-3-4-12-9(6-10)7-13(19-12)20(17,18)16-8-11-2-1-5-15-11;/h3-4,6-7,11,15-16H,1-2,5,8H2;1H. The molecule has 1 atom stereocenters. The summed E-state index contributed by atoms with van der Waals surface area (Å²) < 4.78 is 28.5. The highest BCUT2D eigenvalue weighted by atomic mass is 35.5. The molecular formula is C13H16Cl2N2O2S2. The monoisotopic (exact) mass is 366 g/mol. The summed E-state index contributed by atoms with van der Waals surface area (Å²) in [6, 6.07) is 7.32. The van der Waals surface area contributed by atoms with Crippen LogP contribution < -0.4 is 10.0 Å². The third-order valence-corrected chi connectivity index (χ3v) is 6.65. The largest absolute Gasteiger partial charge is 0.313 e. The first-order valence-corrected chi connectivity index (χ1v) is 9.14. The third-order valence-electron chi connectivity index (χ3n) is 3.40. The SMILES string of the molecule is Cl.O=S(=O)(NCC1CCCN1)c1cc2cc(Cl)ccc2s1. The highest BCUT2D eigenvalue weighted by Crippen LogP contribution is 2.30. The number of rotatable bonds is 4. The molecule has 2 heterocycles. The van der Waals surface area contributed by atoms with Crippen molar-refractivity contribution in [1.29, 1.82) is 0 Å². The Labute approximate surface area is 139 Å². The molecule has 1 aliphatic heterocycles. The number of thiophene rings is 1. The lowest BCUT2D eigenvalue weighted by molar-refractivity contribution is 0.553. The van der Waals surface area contributed by atoms with E-state index in [0.29, 0.717) is 15.8 Å². The minimum atomic E-state index is -3.44. The molecule has 21 heavy (non-hydrogen) atoms. The van der Waals surface area contributed by atoms with Crippen LogP contribution in [0.2, 0.25) is 5.02 Å². The first-order valence-electron chi connectivity index (χ1n) is 6.47. The van der Waals surface area contributed by atoms with Gasteiger partial charge in [0.15, 0.2) is 0 Å². The molecule has 0 bridgehead atoms. The van der Waals surface area contributed by atoms with Gasteiger partial charge < -0.3 is 5.32 Å². The normalized spacial score (nSPS) is 18.8. The highest BCUT2D eigenvalue weighted by Gasteiger charge is 2.21. The predicted octanol–water partition coefficient (Wildman–Crippen LogP) is 3.01. The van der Waals surface area contributed by atoms with Gasteiger partial charge in [0.25, 0.3) is 0 Å². The maximum Gasteiger partial charge on any atom is 0.250 e. The summed E-state index contributed by atoms with van der Waals surface area (Å²) >= 11 is 7.19. The van der Waals surface area contributed by atoms with E-state index >= 15 is 0 Å². The number of halogens is 2. The Morgan fingerprint density at radius 3 is 2.90 bits per heavy atom. The van der Waals surface area contributed by atoms with Gasteiger partial charge in [-0.25, -0.2) is 13.1 Å². The number of sulfonamides is 1. The molecule has 0 radical (unpaired) electrons. The quantitative estimate of drug-likeness (QED) is 0.874. The first-order chi connectivity index (χ1) is 9.54. The van der Waals surface area contributed by atoms with Crippen molar-refractivity contribution < 1.29 is 8.42 Å². The van der Waals surface area contributed by atoms with Gasteiger partial charge in [-0.2, -0.15) is 0 Å². The molecule has 2 N–H and O–H groups in total. The fourth-order valence-electron chi connectivity index (χ4n) is 2.33. The van der Waals surface area contributed by atoms with Crippen LogP contribution in [0.1, 0.15) is 12.8 Å². The maximum absolute atomic E-state index is 12.3. The summed E-state index contributed by atoms with van der Waals surface area (Å²) in [5.74, 6) is 0. The topological polar surface area (TPSA) is 58.2 Å². The van der Waals surface area contributed by atoms with E-state index in [0.717, 1.165) is 29.5 Å². The van der Waals surface area contributed by atoms with E-state index in [1.807, 2.05) is 6.07 Å². The van der Waals surface area contributed by atoms with Gasteiger partial charge in [-0.05, 0) is 49.0 Å². The van der Waals surface area contributed by atoms with Crippen LogP contribution in [0.5, 0.6) is 0 Å². The molecule has 116 valence electrons. The van der Waals surface area contributed by atoms with Crippen LogP contribution in [-0.4, -0.2) is 27.5 Å². The Hall–Kier alpha value is -0.370. The zero-order chi connectivity index (χ0) is 14.2. The Morgan fingerprint density at radius 2 is 2.19 bits per heavy atom. The molecule has 1 aliphatic rings. The van der Waals surface area contributed by atoms with Crippen LogP contribution in [0.3, 0.4) is 0 Å². The van der Waals surface area contributed by atoms with Crippen molar-refractivity contribution in [3.05, 3.63) is 29.3 Å². The molecule has 1 fully saturated rings. The molecule has 2 aromatic rings. The van der Waals surface area contributed by atoms with Crippen molar-refractivity contribution in [1.82, 2.24) is 10.0 Å². The van der Waals surface area contributed by atoms with Gasteiger partial charge in [0.1, 0.15) is 4.21 Å². The average molecular weight is 367 g/mol. The summed E-state index contributed by atoms with van der Waals surface area (Å²) in [4.78, 5) is 0. The zero-order valence-electron chi connectivity index (χ0n) is 11.1. The van der Waals surface area contributed by atoms with E-state index in [4.69, 9.17) is 11.6 Å². The van der Waals surface area contributed by atoms with E-state index in [9.17, 15) is 8.42 Å². The van der Waals surface area contributed by atoms with Crippen molar-refractivity contribution in [3.63, 3.8) is 0 Å². The minimum absolute atomic E-state index is 0. The van der Waals surface area contributed by atoms with Crippen LogP contribution in [0, 0.1) is 0 Å². The highest BCUT2D eigenvalue weighted by molar-refractivity contribution is 7.91. The first kappa shape index (κ1) is 17.0. The maximum atomic E-state index is 12.3. The van der Waals surface area contributed by atoms with E-state index in [1.165, 1.54) is 11.3 Å². The van der Waals surface area contributed by atoms with Gasteiger partial charge in [-0.15, -0.1) is 23.7 Å². The smallest absolute Gasteiger partial charge is 0.250 e. The number of benzene rings is 1. The van der Waals surface area contributed by atoms with Crippen LogP contribution in [0.25, 0.3) is 10.1 Å². The van der Waals surface area contributed by atoms with Crippen molar-refractivity contribution in [2.75, 3.05) is 13.1 Å². The molecule has 1 saturated heterocycles. The van der Waals surface area contributed by atoms with Crippen LogP contribution in [0.4, 0.5) is 0 Å². The number of hydrogen-bond acceptors (Lipinski definition) is 4. The zero-order valence-corrected chi connectivity index (χ0v) is 14.3. The molecule has 1 aromatic heterocycles. The second kappa shape index (κ2) is 6.81. The molecular weight excluding hydrogens is 351 g/mol. The molecule has 3 rings (SSSR count). The minimum Gasteiger partial charge on any atom is -0.313 e. The van der Waals surface area contributed by atoms with E-state index in [1.54, 1.807) is 18.2 Å². The Bertz CT molecular complexity index is 725. The van der Waals surface area contributed by atoms with Crippen LogP contribution >= 0.6 is 35.3 Å². The summed E-state index contributed by atoms with van der Waals surface area (Å²) in [6.45, 7) is 1.41. The van der Waals surface area contributed by atoms with Crippen molar-refractivity contribution in [2.45, 2.75) is 23.1 Å². The lowest BCUT2D eigenvalue weighted by Gasteiger charge is -2.10. The predicted molar refractivity (Wildman–Crippen MR) is 90.3 cm³/mol. The summed E-state index contributed by atoms with van der Waals surface area (Å²) in [7, 11) is -3.44. The molecule has 4 nitrogen and oxygen atoms in total. The van der Waals surface area contributed by atoms with Gasteiger partial charge in [-0.3, -0.25) is 0 Å².